The Bertz CT molecular complexity index is 707. The molecule has 0 aliphatic heterocycles. The lowest BCUT2D eigenvalue weighted by Crippen LogP contribution is -1.84. The highest BCUT2D eigenvalue weighted by Gasteiger charge is 2.06. The Balaban J connectivity index is 1.87. The maximum absolute atomic E-state index is 5.74. The van der Waals surface area contributed by atoms with Crippen LogP contribution in [0.3, 0.4) is 0 Å². The molecule has 3 aromatic rings. The van der Waals surface area contributed by atoms with Gasteiger partial charge in [0.25, 0.3) is 5.19 Å². The van der Waals surface area contributed by atoms with E-state index in [-0.39, 0.29) is 0 Å². The number of nitrogen functional groups attached to an aromatic ring is 1. The van der Waals surface area contributed by atoms with Crippen LogP contribution >= 0.6 is 11.3 Å². The zero-order valence-corrected chi connectivity index (χ0v) is 11.1. The fraction of sp³-hybridized carbons (Fsp3) is 0.0714. The van der Waals surface area contributed by atoms with Gasteiger partial charge in [0.05, 0.1) is 17.3 Å². The molecule has 0 bridgehead atoms. The Kier molecular flexibility index (Phi) is 2.97. The van der Waals surface area contributed by atoms with Crippen molar-refractivity contribution in [1.82, 2.24) is 4.98 Å². The zero-order chi connectivity index (χ0) is 13.2. The lowest BCUT2D eigenvalue weighted by atomic mass is 10.3. The van der Waals surface area contributed by atoms with Gasteiger partial charge in [0.2, 0.25) is 0 Å². The van der Waals surface area contributed by atoms with Gasteiger partial charge in [0.15, 0.2) is 0 Å². The molecule has 0 aliphatic rings. The van der Waals surface area contributed by atoms with Crippen LogP contribution in [0, 0.1) is 0 Å². The number of fused-ring (bicyclic) bond motifs is 1. The van der Waals surface area contributed by atoms with Crippen molar-refractivity contribution in [3.8, 4) is 16.7 Å². The monoisotopic (exact) mass is 272 g/mol. The van der Waals surface area contributed by atoms with Crippen molar-refractivity contribution >= 4 is 27.2 Å². The van der Waals surface area contributed by atoms with Crippen molar-refractivity contribution < 1.29 is 9.47 Å². The predicted octanol–water partition coefficient (Wildman–Crippen LogP) is 3.68. The molecule has 0 unspecified atom stereocenters. The minimum absolute atomic E-state index is 0.603. The first kappa shape index (κ1) is 11.8. The number of methoxy groups -OCH3 is 1. The predicted molar refractivity (Wildman–Crippen MR) is 77.1 cm³/mol. The molecule has 2 aromatic carbocycles. The number of aromatic nitrogens is 1. The van der Waals surface area contributed by atoms with Gasteiger partial charge in [-0.25, -0.2) is 4.98 Å². The minimum Gasteiger partial charge on any atom is -0.497 e. The Morgan fingerprint density at radius 3 is 2.53 bits per heavy atom. The number of nitrogens with zero attached hydrogens (tertiary/aromatic N) is 1. The summed E-state index contributed by atoms with van der Waals surface area (Å²) < 4.78 is 11.8. The number of thiazole rings is 1. The normalized spacial score (nSPS) is 10.6. The van der Waals surface area contributed by atoms with Crippen molar-refractivity contribution in [3.63, 3.8) is 0 Å². The lowest BCUT2D eigenvalue weighted by molar-refractivity contribution is 0.412. The third-order valence-corrected chi connectivity index (χ3v) is 3.55. The summed E-state index contributed by atoms with van der Waals surface area (Å²) in [5.41, 5.74) is 7.36. The largest absolute Gasteiger partial charge is 0.497 e. The molecule has 0 saturated heterocycles. The number of nitrogens with two attached hydrogens (primary N) is 1. The van der Waals surface area contributed by atoms with E-state index in [4.69, 9.17) is 15.2 Å². The van der Waals surface area contributed by atoms with Crippen molar-refractivity contribution in [3.05, 3.63) is 42.5 Å². The molecule has 0 fully saturated rings. The van der Waals surface area contributed by atoms with Gasteiger partial charge in [-0.3, -0.25) is 0 Å². The number of ether oxygens (including phenoxy) is 2. The van der Waals surface area contributed by atoms with E-state index < -0.39 is 0 Å². The molecule has 1 aromatic heterocycles. The van der Waals surface area contributed by atoms with E-state index in [0.29, 0.717) is 5.19 Å². The maximum Gasteiger partial charge on any atom is 0.279 e. The molecule has 19 heavy (non-hydrogen) atoms. The van der Waals surface area contributed by atoms with E-state index in [9.17, 15) is 0 Å². The van der Waals surface area contributed by atoms with E-state index in [1.807, 2.05) is 42.5 Å². The molecule has 2 N–H and O–H groups in total. The van der Waals surface area contributed by atoms with Crippen molar-refractivity contribution in [2.45, 2.75) is 0 Å². The van der Waals surface area contributed by atoms with Crippen LogP contribution < -0.4 is 15.2 Å². The fourth-order valence-corrected chi connectivity index (χ4v) is 2.59. The number of hydrogen-bond acceptors (Lipinski definition) is 5. The summed E-state index contributed by atoms with van der Waals surface area (Å²) in [7, 11) is 1.63. The number of anilines is 1. The van der Waals surface area contributed by atoms with Crippen LogP contribution in [0.5, 0.6) is 16.7 Å². The summed E-state index contributed by atoms with van der Waals surface area (Å²) >= 11 is 1.47. The van der Waals surface area contributed by atoms with E-state index in [2.05, 4.69) is 4.98 Å². The van der Waals surface area contributed by atoms with E-state index in [1.165, 1.54) is 11.3 Å². The van der Waals surface area contributed by atoms with E-state index >= 15 is 0 Å². The number of hydrogen-bond donors (Lipinski definition) is 1. The number of benzene rings is 2. The summed E-state index contributed by atoms with van der Waals surface area (Å²) in [6.45, 7) is 0. The van der Waals surface area contributed by atoms with Gasteiger partial charge in [-0.2, -0.15) is 0 Å². The van der Waals surface area contributed by atoms with Gasteiger partial charge >= 0.3 is 0 Å². The SMILES string of the molecule is COc1ccc(Oc2nc3ccc(N)cc3s2)cc1. The molecule has 1 heterocycles. The van der Waals surface area contributed by atoms with Crippen LogP contribution in [0.25, 0.3) is 10.2 Å². The topological polar surface area (TPSA) is 57.4 Å². The first-order chi connectivity index (χ1) is 9.24. The standard InChI is InChI=1S/C14H12N2O2S/c1-17-10-3-5-11(6-4-10)18-14-16-12-7-2-9(15)8-13(12)19-14/h2-8H,15H2,1H3. The third-order valence-electron chi connectivity index (χ3n) is 2.66. The highest BCUT2D eigenvalue weighted by molar-refractivity contribution is 7.20. The van der Waals surface area contributed by atoms with Gasteiger partial charge in [-0.1, -0.05) is 11.3 Å². The van der Waals surface area contributed by atoms with Crippen LogP contribution in [0.1, 0.15) is 0 Å². The summed E-state index contributed by atoms with van der Waals surface area (Å²) in [4.78, 5) is 4.40. The molecular weight excluding hydrogens is 260 g/mol. The van der Waals surface area contributed by atoms with Crippen LogP contribution in [-0.2, 0) is 0 Å². The smallest absolute Gasteiger partial charge is 0.279 e. The second-order valence-electron chi connectivity index (χ2n) is 3.98. The summed E-state index contributed by atoms with van der Waals surface area (Å²) in [5, 5.41) is 0.603. The van der Waals surface area contributed by atoms with Crippen molar-refractivity contribution in [2.75, 3.05) is 12.8 Å². The molecule has 0 aliphatic carbocycles. The highest BCUT2D eigenvalue weighted by atomic mass is 32.1. The van der Waals surface area contributed by atoms with Crippen LogP contribution in [-0.4, -0.2) is 12.1 Å². The molecule has 0 amide bonds. The first-order valence-corrected chi connectivity index (χ1v) is 6.54. The third kappa shape index (κ3) is 2.46. The quantitative estimate of drug-likeness (QED) is 0.739. The molecule has 0 spiro atoms. The Morgan fingerprint density at radius 2 is 1.79 bits per heavy atom. The van der Waals surface area contributed by atoms with Crippen LogP contribution in [0.15, 0.2) is 42.5 Å². The second kappa shape index (κ2) is 4.78. The summed E-state index contributed by atoms with van der Waals surface area (Å²) in [6.07, 6.45) is 0. The summed E-state index contributed by atoms with van der Waals surface area (Å²) in [5.74, 6) is 1.53. The van der Waals surface area contributed by atoms with Gasteiger partial charge in [0.1, 0.15) is 11.5 Å². The fourth-order valence-electron chi connectivity index (χ4n) is 1.71. The summed E-state index contributed by atoms with van der Waals surface area (Å²) in [6, 6.07) is 13.0. The van der Waals surface area contributed by atoms with Crippen LogP contribution in [0.2, 0.25) is 0 Å². The Hall–Kier alpha value is -2.27. The number of rotatable bonds is 3. The second-order valence-corrected chi connectivity index (χ2v) is 4.98. The molecule has 96 valence electrons. The van der Waals surface area contributed by atoms with Crippen molar-refractivity contribution in [1.29, 1.82) is 0 Å². The van der Waals surface area contributed by atoms with Crippen molar-refractivity contribution in [2.24, 2.45) is 0 Å². The average molecular weight is 272 g/mol. The lowest BCUT2D eigenvalue weighted by Gasteiger charge is -2.02. The highest BCUT2D eigenvalue weighted by Crippen LogP contribution is 2.32. The maximum atomic E-state index is 5.74. The average Bonchev–Trinajstić information content (AvgIpc) is 2.81. The molecule has 0 atom stereocenters. The Labute approximate surface area is 114 Å². The first-order valence-electron chi connectivity index (χ1n) is 5.72. The molecule has 3 rings (SSSR count). The van der Waals surface area contributed by atoms with E-state index in [1.54, 1.807) is 7.11 Å². The molecular formula is C14H12N2O2S. The van der Waals surface area contributed by atoms with Gasteiger partial charge in [-0.05, 0) is 42.5 Å². The molecule has 0 radical (unpaired) electrons. The molecule has 0 saturated carbocycles. The molecule has 4 nitrogen and oxygen atoms in total. The van der Waals surface area contributed by atoms with Crippen LogP contribution in [0.4, 0.5) is 5.69 Å². The van der Waals surface area contributed by atoms with Gasteiger partial charge < -0.3 is 15.2 Å². The molecule has 5 heteroatoms. The van der Waals surface area contributed by atoms with Gasteiger partial charge in [-0.15, -0.1) is 0 Å². The van der Waals surface area contributed by atoms with Gasteiger partial charge in [0, 0.05) is 5.69 Å². The zero-order valence-electron chi connectivity index (χ0n) is 10.3. The minimum atomic E-state index is 0.603. The Morgan fingerprint density at radius 1 is 1.05 bits per heavy atom. The van der Waals surface area contributed by atoms with E-state index in [0.717, 1.165) is 27.4 Å².